The van der Waals surface area contributed by atoms with Crippen molar-refractivity contribution in [1.29, 1.82) is 0 Å². The summed E-state index contributed by atoms with van der Waals surface area (Å²) in [5, 5.41) is 23.9. The molecule has 3 N–H and O–H groups in total. The third-order valence-electron chi connectivity index (χ3n) is 7.38. The van der Waals surface area contributed by atoms with Gasteiger partial charge in [0.1, 0.15) is 17.1 Å². The Hall–Kier alpha value is -4.35. The number of nitrogens with one attached hydrogen (secondary N) is 1. The highest BCUT2D eigenvalue weighted by molar-refractivity contribution is 5.92. The van der Waals surface area contributed by atoms with Crippen molar-refractivity contribution in [2.75, 3.05) is 24.3 Å². The second-order valence-electron chi connectivity index (χ2n) is 10.3. The molecule has 40 heavy (non-hydrogen) atoms. The van der Waals surface area contributed by atoms with Gasteiger partial charge in [0.2, 0.25) is 5.82 Å². The van der Waals surface area contributed by atoms with E-state index in [1.54, 1.807) is 16.7 Å². The van der Waals surface area contributed by atoms with Gasteiger partial charge in [0.25, 0.3) is 0 Å². The number of carboxylic acids is 1. The van der Waals surface area contributed by atoms with Crippen molar-refractivity contribution in [3.05, 3.63) is 59.4 Å². The van der Waals surface area contributed by atoms with Crippen LogP contribution in [0, 0.1) is 5.92 Å². The maximum atomic E-state index is 13.2. The number of phenols is 1. The summed E-state index contributed by atoms with van der Waals surface area (Å²) in [6, 6.07) is 9.75. The largest absolute Gasteiger partial charge is 0.507 e. The third kappa shape index (κ3) is 5.25. The summed E-state index contributed by atoms with van der Waals surface area (Å²) in [6.45, 7) is 2.07. The van der Waals surface area contributed by atoms with Crippen molar-refractivity contribution >= 4 is 28.6 Å². The van der Waals surface area contributed by atoms with Gasteiger partial charge >= 0.3 is 12.1 Å². The van der Waals surface area contributed by atoms with E-state index < -0.39 is 23.5 Å². The number of aromatic nitrogens is 4. The number of hydrogen-bond acceptors (Lipinski definition) is 7. The van der Waals surface area contributed by atoms with Crippen LogP contribution in [0.15, 0.2) is 42.5 Å². The molecule has 0 radical (unpaired) electrons. The first-order chi connectivity index (χ1) is 18.9. The molecule has 0 bridgehead atoms. The molecule has 2 heterocycles. The molecule has 9 nitrogen and oxygen atoms in total. The number of rotatable bonds is 8. The lowest BCUT2D eigenvalue weighted by Gasteiger charge is -2.32. The number of benzene rings is 2. The molecule has 1 saturated carbocycles. The number of imidazole rings is 1. The summed E-state index contributed by atoms with van der Waals surface area (Å²) < 4.78 is 41.3. The summed E-state index contributed by atoms with van der Waals surface area (Å²) in [4.78, 5) is 26.9. The molecule has 4 aromatic rings. The molecule has 2 aromatic heterocycles. The van der Waals surface area contributed by atoms with Crippen molar-refractivity contribution in [3.63, 3.8) is 0 Å². The average molecular weight is 555 g/mol. The van der Waals surface area contributed by atoms with Crippen LogP contribution in [0.3, 0.4) is 0 Å². The lowest BCUT2D eigenvalue weighted by atomic mass is 9.80. The zero-order chi connectivity index (χ0) is 28.8. The first kappa shape index (κ1) is 27.2. The van der Waals surface area contributed by atoms with E-state index in [-0.39, 0.29) is 35.6 Å². The van der Waals surface area contributed by atoms with Crippen LogP contribution in [0.1, 0.15) is 47.9 Å². The first-order valence-electron chi connectivity index (χ1n) is 12.9. The number of aromatic carboxylic acids is 1. The Morgan fingerprint density at radius 1 is 1.12 bits per heavy atom. The third-order valence-corrected chi connectivity index (χ3v) is 7.38. The molecule has 210 valence electrons. The maximum Gasteiger partial charge on any atom is 0.416 e. The second-order valence-corrected chi connectivity index (χ2v) is 10.3. The normalized spacial score (nSPS) is 14.7. The predicted octanol–water partition coefficient (Wildman–Crippen LogP) is 5.63. The van der Waals surface area contributed by atoms with Crippen LogP contribution in [0.4, 0.5) is 24.7 Å². The molecule has 1 fully saturated rings. The van der Waals surface area contributed by atoms with Gasteiger partial charge in [0.15, 0.2) is 11.5 Å². The number of alkyl halides is 3. The Labute approximate surface area is 228 Å². The van der Waals surface area contributed by atoms with Crippen LogP contribution in [0.25, 0.3) is 22.6 Å². The summed E-state index contributed by atoms with van der Waals surface area (Å²) >= 11 is 0. The van der Waals surface area contributed by atoms with E-state index in [1.165, 1.54) is 18.2 Å². The van der Waals surface area contributed by atoms with E-state index in [4.69, 9.17) is 0 Å². The van der Waals surface area contributed by atoms with Gasteiger partial charge in [0, 0.05) is 32.4 Å². The molecule has 1 aliphatic carbocycles. The monoisotopic (exact) mass is 554 g/mol. The van der Waals surface area contributed by atoms with Gasteiger partial charge in [0.05, 0.1) is 11.1 Å². The fraction of sp³-hybridized carbons (Fsp3) is 0.357. The number of hydrogen-bond donors (Lipinski definition) is 3. The molecular formula is C28H29F3N6O3. The minimum Gasteiger partial charge on any atom is -0.507 e. The van der Waals surface area contributed by atoms with E-state index in [1.807, 2.05) is 25.9 Å². The molecule has 0 unspecified atom stereocenters. The minimum atomic E-state index is -4.47. The number of halogens is 3. The smallest absolute Gasteiger partial charge is 0.416 e. The molecule has 12 heteroatoms. The zero-order valence-corrected chi connectivity index (χ0v) is 22.2. The lowest BCUT2D eigenvalue weighted by Crippen LogP contribution is -2.31. The number of phenolic OH excluding ortho intramolecular Hbond substituents is 1. The van der Waals surface area contributed by atoms with Crippen molar-refractivity contribution in [2.45, 2.75) is 44.9 Å². The fourth-order valence-electron chi connectivity index (χ4n) is 4.83. The Bertz CT molecular complexity index is 1560. The van der Waals surface area contributed by atoms with Crippen LogP contribution >= 0.6 is 0 Å². The topological polar surface area (TPSA) is 116 Å². The number of fused-ring (bicyclic) bond motifs is 1. The van der Waals surface area contributed by atoms with Crippen molar-refractivity contribution in [2.24, 2.45) is 5.92 Å². The number of anilines is 2. The maximum absolute atomic E-state index is 13.2. The molecule has 0 amide bonds. The fourth-order valence-corrected chi connectivity index (χ4v) is 4.83. The van der Waals surface area contributed by atoms with E-state index in [2.05, 4.69) is 20.3 Å². The Morgan fingerprint density at radius 3 is 2.40 bits per heavy atom. The van der Waals surface area contributed by atoms with Gasteiger partial charge in [-0.15, -0.1) is 0 Å². The molecular weight excluding hydrogens is 525 g/mol. The number of carbonyl (C=O) groups is 1. The van der Waals surface area contributed by atoms with E-state index in [0.717, 1.165) is 37.1 Å². The standard InChI is InChI=1S/C28H29F3N6O3/c1-15(17-5-4-6-17)32-23-22-24(34-25(33-23)27(39)40)35-26(20-13-19(36(2)3)11-12-21(20)38)37(22)14-16-7-9-18(10-8-16)28(29,30)31/h7-13,15,17,38H,4-6,14H2,1-3H3,(H,39,40)(H,32,33,34)/t15-/m1/s1. The van der Waals surface area contributed by atoms with Gasteiger partial charge in [-0.2, -0.15) is 13.2 Å². The summed E-state index contributed by atoms with van der Waals surface area (Å²) in [5.41, 5.74) is 1.38. The Morgan fingerprint density at radius 2 is 1.82 bits per heavy atom. The molecule has 2 aromatic carbocycles. The molecule has 0 spiro atoms. The van der Waals surface area contributed by atoms with Crippen LogP contribution < -0.4 is 10.2 Å². The number of aromatic hydroxyl groups is 1. The summed E-state index contributed by atoms with van der Waals surface area (Å²) in [6.07, 6.45) is -1.28. The second kappa shape index (κ2) is 10.3. The van der Waals surface area contributed by atoms with Crippen LogP contribution in [0.2, 0.25) is 0 Å². The SMILES string of the molecule is C[C@@H](Nc1nc(C(=O)O)nc2nc(-c3cc(N(C)C)ccc3O)n(Cc3ccc(C(F)(F)F)cc3)c12)C1CCC1. The summed E-state index contributed by atoms with van der Waals surface area (Å²) in [7, 11) is 3.69. The molecule has 5 rings (SSSR count). The Balaban J connectivity index is 1.72. The van der Waals surface area contributed by atoms with Crippen LogP contribution in [0.5, 0.6) is 5.75 Å². The number of nitrogens with zero attached hydrogens (tertiary/aromatic N) is 5. The number of carboxylic acid groups (broad SMARTS) is 1. The van der Waals surface area contributed by atoms with Gasteiger partial charge in [-0.05, 0) is 61.6 Å². The predicted molar refractivity (Wildman–Crippen MR) is 145 cm³/mol. The molecule has 1 aliphatic rings. The average Bonchev–Trinajstić information content (AvgIpc) is 3.21. The van der Waals surface area contributed by atoms with Crippen LogP contribution in [-0.4, -0.2) is 55.8 Å². The van der Waals surface area contributed by atoms with E-state index in [0.29, 0.717) is 22.6 Å². The zero-order valence-electron chi connectivity index (χ0n) is 22.2. The van der Waals surface area contributed by atoms with Crippen molar-refractivity contribution in [3.8, 4) is 17.1 Å². The highest BCUT2D eigenvalue weighted by Crippen LogP contribution is 2.37. The highest BCUT2D eigenvalue weighted by atomic mass is 19.4. The lowest BCUT2D eigenvalue weighted by molar-refractivity contribution is -0.137. The molecule has 0 aliphatic heterocycles. The van der Waals surface area contributed by atoms with Gasteiger partial charge in [-0.25, -0.2) is 19.7 Å². The van der Waals surface area contributed by atoms with Gasteiger partial charge < -0.3 is 25.0 Å². The van der Waals surface area contributed by atoms with E-state index >= 15 is 0 Å². The minimum absolute atomic E-state index is 0.0168. The van der Waals surface area contributed by atoms with E-state index in [9.17, 15) is 28.2 Å². The Kier molecular flexibility index (Phi) is 7.03. The highest BCUT2D eigenvalue weighted by Gasteiger charge is 2.31. The van der Waals surface area contributed by atoms with Crippen molar-refractivity contribution in [1.82, 2.24) is 19.5 Å². The van der Waals surface area contributed by atoms with Gasteiger partial charge in [-0.3, -0.25) is 0 Å². The first-order valence-corrected chi connectivity index (χ1v) is 12.9. The summed E-state index contributed by atoms with van der Waals surface area (Å²) in [5.74, 6) is -0.906. The van der Waals surface area contributed by atoms with Crippen molar-refractivity contribution < 1.29 is 28.2 Å². The quantitative estimate of drug-likeness (QED) is 0.257. The molecule has 1 atom stereocenters. The van der Waals surface area contributed by atoms with Crippen LogP contribution in [-0.2, 0) is 12.7 Å². The molecule has 0 saturated heterocycles. The van der Waals surface area contributed by atoms with Gasteiger partial charge in [-0.1, -0.05) is 18.6 Å².